The van der Waals surface area contributed by atoms with Crippen LogP contribution in [-0.4, -0.2) is 41.3 Å². The van der Waals surface area contributed by atoms with Crippen molar-refractivity contribution in [2.75, 3.05) is 13.6 Å². The molecule has 0 bridgehead atoms. The van der Waals surface area contributed by atoms with Gasteiger partial charge in [-0.05, 0) is 34.7 Å². The molecule has 1 fully saturated rings. The van der Waals surface area contributed by atoms with Crippen LogP contribution in [0.3, 0.4) is 0 Å². The second-order valence-electron chi connectivity index (χ2n) is 5.10. The minimum Gasteiger partial charge on any atom is -0.235 e. The number of aryl methyl sites for hydroxylation is 1. The first-order valence-corrected chi connectivity index (χ1v) is 8.67. The highest BCUT2D eigenvalue weighted by molar-refractivity contribution is 9.10. The molecule has 0 N–H and O–H groups in total. The Labute approximate surface area is 122 Å². The quantitative estimate of drug-likeness (QED) is 0.829. The van der Waals surface area contributed by atoms with Crippen molar-refractivity contribution in [1.29, 1.82) is 0 Å². The summed E-state index contributed by atoms with van der Waals surface area (Å²) in [7, 11) is -0.321. The molecule has 0 atom stereocenters. The average Bonchev–Trinajstić information content (AvgIpc) is 2.70. The molecule has 0 spiro atoms. The van der Waals surface area contributed by atoms with Crippen molar-refractivity contribution in [2.24, 2.45) is 13.0 Å². The lowest BCUT2D eigenvalue weighted by Crippen LogP contribution is -2.34. The third-order valence-electron chi connectivity index (χ3n) is 3.63. The van der Waals surface area contributed by atoms with Crippen LogP contribution >= 0.6 is 15.9 Å². The van der Waals surface area contributed by atoms with Gasteiger partial charge in [0, 0.05) is 20.6 Å². The maximum Gasteiger partial charge on any atom is 0.262 e. The van der Waals surface area contributed by atoms with Crippen LogP contribution in [0.4, 0.5) is 0 Å². The monoisotopic (exact) mass is 350 g/mol. The van der Waals surface area contributed by atoms with Crippen LogP contribution in [0, 0.1) is 5.92 Å². The summed E-state index contributed by atoms with van der Waals surface area (Å²) in [6.07, 6.45) is 5.91. The van der Waals surface area contributed by atoms with Crippen molar-refractivity contribution in [3.05, 3.63) is 4.60 Å². The normalized spacial score (nSPS) is 18.1. The largest absolute Gasteiger partial charge is 0.262 e. The molecule has 19 heavy (non-hydrogen) atoms. The molecule has 2 rings (SSSR count). The first-order valence-electron chi connectivity index (χ1n) is 6.44. The summed E-state index contributed by atoms with van der Waals surface area (Å²) in [5, 5.41) is 7.58. The molecule has 0 aliphatic heterocycles. The molecule has 1 aromatic rings. The number of aromatic nitrogens is 3. The van der Waals surface area contributed by atoms with Crippen molar-refractivity contribution in [3.63, 3.8) is 0 Å². The molecule has 0 saturated heterocycles. The van der Waals surface area contributed by atoms with Gasteiger partial charge in [0.05, 0.1) is 0 Å². The molecule has 0 unspecified atom stereocenters. The lowest BCUT2D eigenvalue weighted by atomic mass is 9.89. The topological polar surface area (TPSA) is 68.1 Å². The smallest absolute Gasteiger partial charge is 0.235 e. The number of nitrogens with zero attached hydrogens (tertiary/aromatic N) is 4. The van der Waals surface area contributed by atoms with Crippen molar-refractivity contribution < 1.29 is 8.42 Å². The van der Waals surface area contributed by atoms with Gasteiger partial charge < -0.3 is 0 Å². The molecule has 0 amide bonds. The summed E-state index contributed by atoms with van der Waals surface area (Å²) in [6, 6.07) is 0. The standard InChI is InChI=1S/C11H19BrN4O2S/c1-15(8-9-6-4-3-5-7-9)19(17,18)11-10(12)13-14-16(11)2/h9H,3-8H2,1-2H3. The zero-order valence-corrected chi connectivity index (χ0v) is 13.6. The fourth-order valence-corrected chi connectivity index (χ4v) is 4.84. The van der Waals surface area contributed by atoms with Crippen molar-refractivity contribution in [3.8, 4) is 0 Å². The van der Waals surface area contributed by atoms with Gasteiger partial charge in [-0.2, -0.15) is 4.31 Å². The molecular weight excluding hydrogens is 332 g/mol. The van der Waals surface area contributed by atoms with Crippen LogP contribution in [0.1, 0.15) is 32.1 Å². The van der Waals surface area contributed by atoms with Gasteiger partial charge in [0.15, 0.2) is 4.60 Å². The van der Waals surface area contributed by atoms with E-state index in [1.165, 1.54) is 28.2 Å². The van der Waals surface area contributed by atoms with E-state index in [2.05, 4.69) is 26.2 Å². The van der Waals surface area contributed by atoms with E-state index < -0.39 is 10.0 Å². The minimum absolute atomic E-state index is 0.116. The third kappa shape index (κ3) is 3.17. The molecule has 0 radical (unpaired) electrons. The molecule has 0 aromatic carbocycles. The number of halogens is 1. The van der Waals surface area contributed by atoms with E-state index in [-0.39, 0.29) is 9.63 Å². The zero-order valence-electron chi connectivity index (χ0n) is 11.2. The minimum atomic E-state index is -3.53. The summed E-state index contributed by atoms with van der Waals surface area (Å²) < 4.78 is 28.0. The van der Waals surface area contributed by atoms with Crippen molar-refractivity contribution >= 4 is 26.0 Å². The Morgan fingerprint density at radius 3 is 2.53 bits per heavy atom. The summed E-state index contributed by atoms with van der Waals surface area (Å²) >= 11 is 3.15. The second kappa shape index (κ2) is 5.88. The average molecular weight is 351 g/mol. The Kier molecular flexibility index (Phi) is 4.62. The summed E-state index contributed by atoms with van der Waals surface area (Å²) in [5.74, 6) is 0.466. The van der Waals surface area contributed by atoms with Gasteiger partial charge >= 0.3 is 0 Å². The van der Waals surface area contributed by atoms with Gasteiger partial charge in [-0.15, -0.1) is 5.10 Å². The number of rotatable bonds is 4. The van der Waals surface area contributed by atoms with E-state index in [9.17, 15) is 8.42 Å². The summed E-state index contributed by atoms with van der Waals surface area (Å²) in [5.41, 5.74) is 0. The number of hydrogen-bond donors (Lipinski definition) is 0. The zero-order chi connectivity index (χ0) is 14.0. The molecular formula is C11H19BrN4O2S. The fraction of sp³-hybridized carbons (Fsp3) is 0.818. The Bertz CT molecular complexity index is 517. The third-order valence-corrected chi connectivity index (χ3v) is 6.34. The van der Waals surface area contributed by atoms with Gasteiger partial charge in [0.2, 0.25) is 5.03 Å². The van der Waals surface area contributed by atoms with Crippen LogP contribution in [0.15, 0.2) is 9.63 Å². The maximum atomic E-state index is 12.5. The maximum absolute atomic E-state index is 12.5. The SMILES string of the molecule is CN(CC1CCCCC1)S(=O)(=O)c1c(Br)nnn1C. The number of hydrogen-bond acceptors (Lipinski definition) is 4. The van der Waals surface area contributed by atoms with E-state index in [1.54, 1.807) is 14.1 Å². The molecule has 6 nitrogen and oxygen atoms in total. The Balaban J connectivity index is 2.15. The summed E-state index contributed by atoms with van der Waals surface area (Å²) in [4.78, 5) is 0. The Morgan fingerprint density at radius 2 is 2.00 bits per heavy atom. The van der Waals surface area contributed by atoms with E-state index in [1.807, 2.05) is 0 Å². The van der Waals surface area contributed by atoms with E-state index in [4.69, 9.17) is 0 Å². The van der Waals surface area contributed by atoms with Gasteiger partial charge in [0.1, 0.15) is 0 Å². The van der Waals surface area contributed by atoms with Gasteiger partial charge in [-0.25, -0.2) is 13.1 Å². The van der Waals surface area contributed by atoms with Gasteiger partial charge in [-0.1, -0.05) is 24.5 Å². The first kappa shape index (κ1) is 14.9. The molecule has 1 heterocycles. The molecule has 108 valence electrons. The van der Waals surface area contributed by atoms with Gasteiger partial charge in [-0.3, -0.25) is 0 Å². The predicted octanol–water partition coefficient (Wildman–Crippen LogP) is 1.78. The highest BCUT2D eigenvalue weighted by atomic mass is 79.9. The second-order valence-corrected chi connectivity index (χ2v) is 7.81. The van der Waals surface area contributed by atoms with Crippen LogP contribution in [0.5, 0.6) is 0 Å². The van der Waals surface area contributed by atoms with Gasteiger partial charge in [0.25, 0.3) is 10.0 Å². The lowest BCUT2D eigenvalue weighted by molar-refractivity contribution is 0.299. The Hall–Kier alpha value is -0.470. The summed E-state index contributed by atoms with van der Waals surface area (Å²) in [6.45, 7) is 0.569. The van der Waals surface area contributed by atoms with Crippen molar-refractivity contribution in [2.45, 2.75) is 37.1 Å². The van der Waals surface area contributed by atoms with E-state index >= 15 is 0 Å². The van der Waals surface area contributed by atoms with Crippen LogP contribution < -0.4 is 0 Å². The molecule has 1 aliphatic rings. The highest BCUT2D eigenvalue weighted by Crippen LogP contribution is 2.27. The van der Waals surface area contributed by atoms with E-state index in [0.717, 1.165) is 12.8 Å². The van der Waals surface area contributed by atoms with Crippen LogP contribution in [0.25, 0.3) is 0 Å². The van der Waals surface area contributed by atoms with Crippen LogP contribution in [0.2, 0.25) is 0 Å². The molecule has 1 saturated carbocycles. The fourth-order valence-electron chi connectivity index (χ4n) is 2.58. The first-order chi connectivity index (χ1) is 8.93. The molecule has 1 aliphatic carbocycles. The van der Waals surface area contributed by atoms with Crippen LogP contribution in [-0.2, 0) is 17.1 Å². The number of sulfonamides is 1. The lowest BCUT2D eigenvalue weighted by Gasteiger charge is -2.26. The Morgan fingerprint density at radius 1 is 1.37 bits per heavy atom. The molecule has 1 aromatic heterocycles. The predicted molar refractivity (Wildman–Crippen MR) is 75.1 cm³/mol. The highest BCUT2D eigenvalue weighted by Gasteiger charge is 2.30. The molecule has 8 heteroatoms. The van der Waals surface area contributed by atoms with E-state index in [0.29, 0.717) is 12.5 Å². The van der Waals surface area contributed by atoms with Crippen molar-refractivity contribution in [1.82, 2.24) is 19.3 Å².